The molecular formula is C55H95N7O9. The molecule has 404 valence electrons. The highest BCUT2D eigenvalue weighted by molar-refractivity contribution is 5.96. The maximum absolute atomic E-state index is 14.2. The third-order valence-electron chi connectivity index (χ3n) is 13.0. The summed E-state index contributed by atoms with van der Waals surface area (Å²) in [6.07, 6.45) is 19.0. The number of ketones is 3. The van der Waals surface area contributed by atoms with Crippen molar-refractivity contribution in [3.05, 3.63) is 29.8 Å². The Bertz CT molecular complexity index is 1710. The standard InChI is InChI=1S/C55H95N7O9/c1-5-6-7-8-9-10-11-12-13-14-15-16-17-24-52(68)60-39-53(69)59-38-46(64)36-44(35-42-25-27-45(63)28-26-42)55(71)62-48(29-30-51(58)67)50(66)37-43(22-18-20-31-56)54(70)61-47(23-19-21-32-57)49(65)34-41(4)33-40(2)3/h25-28,40-41,43-44,47-48,63H,5-24,29-39,56-57H2,1-4H3,(H2,58,67)(H,59,69)(H,60,68)(H,61,70)(H,62,71)/t41-,43-,44-,47+,48+/m1/s1. The molecule has 0 radical (unpaired) electrons. The molecule has 0 saturated heterocycles. The number of carbonyl (C=O) groups is 8. The van der Waals surface area contributed by atoms with Gasteiger partial charge in [-0.3, -0.25) is 38.4 Å². The highest BCUT2D eigenvalue weighted by atomic mass is 16.3. The summed E-state index contributed by atoms with van der Waals surface area (Å²) in [5.41, 5.74) is 17.6. The molecule has 5 atom stereocenters. The molecule has 0 bridgehead atoms. The van der Waals surface area contributed by atoms with E-state index in [0.29, 0.717) is 69.5 Å². The summed E-state index contributed by atoms with van der Waals surface area (Å²) in [5.74, 6) is -5.16. The van der Waals surface area contributed by atoms with Crippen molar-refractivity contribution in [1.82, 2.24) is 21.3 Å². The molecule has 0 aromatic heterocycles. The first kappa shape index (κ1) is 64.3. The van der Waals surface area contributed by atoms with E-state index in [1.54, 1.807) is 12.1 Å². The van der Waals surface area contributed by atoms with Crippen molar-refractivity contribution < 1.29 is 43.5 Å². The van der Waals surface area contributed by atoms with E-state index in [1.807, 2.05) is 6.92 Å². The van der Waals surface area contributed by atoms with E-state index in [-0.39, 0.29) is 68.4 Å². The Morgan fingerprint density at radius 3 is 1.61 bits per heavy atom. The van der Waals surface area contributed by atoms with Crippen molar-refractivity contribution >= 4 is 46.9 Å². The van der Waals surface area contributed by atoms with Gasteiger partial charge in [0.2, 0.25) is 29.5 Å². The summed E-state index contributed by atoms with van der Waals surface area (Å²) < 4.78 is 0. The molecule has 1 aromatic rings. The largest absolute Gasteiger partial charge is 0.508 e. The van der Waals surface area contributed by atoms with Crippen LogP contribution in [0.2, 0.25) is 0 Å². The fourth-order valence-electron chi connectivity index (χ4n) is 8.96. The summed E-state index contributed by atoms with van der Waals surface area (Å²) in [6.45, 7) is 8.51. The highest BCUT2D eigenvalue weighted by Crippen LogP contribution is 2.22. The molecule has 0 saturated carbocycles. The summed E-state index contributed by atoms with van der Waals surface area (Å²) in [7, 11) is 0. The van der Waals surface area contributed by atoms with Gasteiger partial charge >= 0.3 is 0 Å². The van der Waals surface area contributed by atoms with Crippen LogP contribution in [0.1, 0.15) is 200 Å². The monoisotopic (exact) mass is 998 g/mol. The molecule has 1 rings (SSSR count). The number of aromatic hydroxyl groups is 1. The number of benzene rings is 1. The zero-order valence-electron chi connectivity index (χ0n) is 44.1. The van der Waals surface area contributed by atoms with Gasteiger partial charge in [-0.2, -0.15) is 0 Å². The van der Waals surface area contributed by atoms with Crippen LogP contribution in [0.3, 0.4) is 0 Å². The summed E-state index contributed by atoms with van der Waals surface area (Å²) in [4.78, 5) is 106. The lowest BCUT2D eigenvalue weighted by atomic mass is 9.88. The lowest BCUT2D eigenvalue weighted by Crippen LogP contribution is -2.48. The van der Waals surface area contributed by atoms with E-state index in [4.69, 9.17) is 17.2 Å². The van der Waals surface area contributed by atoms with Crippen LogP contribution in [-0.4, -0.2) is 90.3 Å². The fraction of sp³-hybridized carbons (Fsp3) is 0.745. The summed E-state index contributed by atoms with van der Waals surface area (Å²) >= 11 is 0. The van der Waals surface area contributed by atoms with Crippen molar-refractivity contribution in [2.24, 2.45) is 40.9 Å². The second-order valence-corrected chi connectivity index (χ2v) is 20.3. The highest BCUT2D eigenvalue weighted by Gasteiger charge is 2.32. The van der Waals surface area contributed by atoms with Crippen LogP contribution in [-0.2, 0) is 44.8 Å². The topological polar surface area (TPSA) is 283 Å². The molecule has 0 aliphatic carbocycles. The number of carbonyl (C=O) groups excluding carboxylic acids is 8. The number of nitrogens with two attached hydrogens (primary N) is 3. The first-order chi connectivity index (χ1) is 34.0. The van der Waals surface area contributed by atoms with E-state index in [9.17, 15) is 43.5 Å². The fourth-order valence-corrected chi connectivity index (χ4v) is 8.96. The minimum atomic E-state index is -1.25. The van der Waals surface area contributed by atoms with Crippen molar-refractivity contribution in [1.29, 1.82) is 0 Å². The van der Waals surface area contributed by atoms with Crippen LogP contribution < -0.4 is 38.5 Å². The normalized spacial score (nSPS) is 13.4. The van der Waals surface area contributed by atoms with Gasteiger partial charge in [0, 0.05) is 43.9 Å². The van der Waals surface area contributed by atoms with Crippen LogP contribution in [0, 0.1) is 23.7 Å². The number of nitrogens with one attached hydrogen (secondary N) is 4. The first-order valence-corrected chi connectivity index (χ1v) is 27.2. The van der Waals surface area contributed by atoms with Crippen LogP contribution in [0.25, 0.3) is 0 Å². The molecule has 1 aromatic carbocycles. The van der Waals surface area contributed by atoms with Crippen LogP contribution in [0.4, 0.5) is 0 Å². The van der Waals surface area contributed by atoms with E-state index in [2.05, 4.69) is 42.0 Å². The lowest BCUT2D eigenvalue weighted by Gasteiger charge is -2.26. The maximum Gasteiger partial charge on any atom is 0.239 e. The molecule has 0 fully saturated rings. The maximum atomic E-state index is 14.2. The molecule has 16 nitrogen and oxygen atoms in total. The number of hydrogen-bond acceptors (Lipinski definition) is 11. The molecule has 5 amide bonds. The number of Topliss-reactive ketones (excluding diaryl/α,β-unsaturated/α-hetero) is 3. The number of amides is 5. The average Bonchev–Trinajstić information content (AvgIpc) is 3.32. The molecule has 71 heavy (non-hydrogen) atoms. The molecule has 11 N–H and O–H groups in total. The van der Waals surface area contributed by atoms with Crippen molar-refractivity contribution in [2.45, 2.75) is 213 Å². The minimum Gasteiger partial charge on any atom is -0.508 e. The van der Waals surface area contributed by atoms with Gasteiger partial charge in [0.05, 0.1) is 25.2 Å². The molecule has 0 spiro atoms. The second-order valence-electron chi connectivity index (χ2n) is 20.3. The number of unbranched alkanes of at least 4 members (excludes halogenated alkanes) is 14. The van der Waals surface area contributed by atoms with E-state index in [1.165, 1.54) is 69.9 Å². The van der Waals surface area contributed by atoms with Crippen molar-refractivity contribution in [2.75, 3.05) is 26.2 Å². The third-order valence-corrected chi connectivity index (χ3v) is 13.0. The smallest absolute Gasteiger partial charge is 0.239 e. The van der Waals surface area contributed by atoms with Crippen LogP contribution in [0.5, 0.6) is 5.75 Å². The number of rotatable bonds is 45. The summed E-state index contributed by atoms with van der Waals surface area (Å²) in [5, 5.41) is 20.7. The number of hydrogen-bond donors (Lipinski definition) is 8. The quantitative estimate of drug-likeness (QED) is 0.0310. The van der Waals surface area contributed by atoms with Crippen molar-refractivity contribution in [3.8, 4) is 5.75 Å². The van der Waals surface area contributed by atoms with Crippen LogP contribution >= 0.6 is 0 Å². The zero-order chi connectivity index (χ0) is 52.8. The number of phenolic OH excluding ortho intramolecular Hbond substituents is 1. The van der Waals surface area contributed by atoms with Crippen molar-refractivity contribution in [3.63, 3.8) is 0 Å². The van der Waals surface area contributed by atoms with Gasteiger partial charge in [-0.15, -0.1) is 0 Å². The summed E-state index contributed by atoms with van der Waals surface area (Å²) in [6, 6.07) is 4.07. The molecule has 16 heteroatoms. The van der Waals surface area contributed by atoms with Gasteiger partial charge in [0.25, 0.3) is 0 Å². The molecule has 0 aliphatic rings. The molecule has 0 heterocycles. The Morgan fingerprint density at radius 2 is 1.06 bits per heavy atom. The van der Waals surface area contributed by atoms with Gasteiger partial charge in [-0.1, -0.05) is 123 Å². The van der Waals surface area contributed by atoms with Gasteiger partial charge in [0.1, 0.15) is 5.75 Å². The third kappa shape index (κ3) is 32.8. The Balaban J connectivity index is 2.99. The van der Waals surface area contributed by atoms with E-state index < -0.39 is 65.7 Å². The Hall–Kier alpha value is -4.70. The number of phenols is 1. The number of primary amides is 1. The predicted octanol–water partition coefficient (Wildman–Crippen LogP) is 6.93. The average molecular weight is 998 g/mol. The van der Waals surface area contributed by atoms with Gasteiger partial charge in [-0.25, -0.2) is 0 Å². The predicted molar refractivity (Wildman–Crippen MR) is 281 cm³/mol. The Kier molecular flexibility index (Phi) is 36.1. The van der Waals surface area contributed by atoms with E-state index in [0.717, 1.165) is 32.1 Å². The van der Waals surface area contributed by atoms with Gasteiger partial charge < -0.3 is 43.6 Å². The Morgan fingerprint density at radius 1 is 0.549 bits per heavy atom. The van der Waals surface area contributed by atoms with Crippen LogP contribution in [0.15, 0.2) is 24.3 Å². The molecule has 0 aliphatic heterocycles. The van der Waals surface area contributed by atoms with Gasteiger partial charge in [0.15, 0.2) is 17.3 Å². The molecule has 0 unspecified atom stereocenters. The SMILES string of the molecule is CCCCCCCCCCCCCCCC(=O)NCC(=O)NCC(=O)C[C@@H](Cc1ccc(O)cc1)C(=O)N[C@@H](CCC(N)=O)C(=O)C[C@@H](CCCCN)C(=O)N[C@@H](CCCCN)C(=O)C[C@H](C)CC(C)C. The van der Waals surface area contributed by atoms with E-state index >= 15 is 0 Å². The lowest BCUT2D eigenvalue weighted by molar-refractivity contribution is -0.135. The second kappa shape index (κ2) is 39.9. The zero-order valence-corrected chi connectivity index (χ0v) is 44.1. The molecular weight excluding hydrogens is 903 g/mol. The Labute approximate surface area is 426 Å². The van der Waals surface area contributed by atoms with Gasteiger partial charge in [-0.05, 0) is 100 Å². The first-order valence-electron chi connectivity index (χ1n) is 27.2. The minimum absolute atomic E-state index is 0.000858.